The molecule has 0 aliphatic rings. The average molecular weight is 391 g/mol. The van der Waals surface area contributed by atoms with Crippen LogP contribution < -0.4 is 5.32 Å². The van der Waals surface area contributed by atoms with E-state index in [4.69, 9.17) is 4.74 Å². The van der Waals surface area contributed by atoms with Crippen LogP contribution >= 0.6 is 11.3 Å². The number of carbonyl (C=O) groups excluding carboxylic acids is 2. The highest BCUT2D eigenvalue weighted by Gasteiger charge is 2.18. The van der Waals surface area contributed by atoms with E-state index in [-0.39, 0.29) is 11.7 Å². The highest BCUT2D eigenvalue weighted by Crippen LogP contribution is 2.17. The number of nitrogens with zero attached hydrogens (tertiary/aromatic N) is 2. The largest absolute Gasteiger partial charge is 0.464 e. The Morgan fingerprint density at radius 2 is 2.07 bits per heavy atom. The molecule has 0 saturated heterocycles. The lowest BCUT2D eigenvalue weighted by atomic mass is 10.2. The van der Waals surface area contributed by atoms with Crippen molar-refractivity contribution in [3.63, 3.8) is 0 Å². The highest BCUT2D eigenvalue weighted by atomic mass is 32.1. The lowest BCUT2D eigenvalue weighted by Crippen LogP contribution is -2.36. The third-order valence-electron chi connectivity index (χ3n) is 3.87. The summed E-state index contributed by atoms with van der Waals surface area (Å²) < 4.78 is 10.1. The van der Waals surface area contributed by atoms with Gasteiger partial charge in [-0.2, -0.15) is 0 Å². The number of anilines is 1. The predicted octanol–water partition coefficient (Wildman–Crippen LogP) is 3.70. The van der Waals surface area contributed by atoms with Crippen molar-refractivity contribution >= 4 is 29.0 Å². The van der Waals surface area contributed by atoms with Gasteiger partial charge < -0.3 is 19.7 Å². The fraction of sp³-hybridized carbons (Fsp3) is 0.421. The second kappa shape index (κ2) is 10.6. The molecular weight excluding hydrogens is 366 g/mol. The summed E-state index contributed by atoms with van der Waals surface area (Å²) in [6, 6.07) is 7.40. The Labute approximate surface area is 163 Å². The molecule has 27 heavy (non-hydrogen) atoms. The number of rotatable bonds is 9. The highest BCUT2D eigenvalue weighted by molar-refractivity contribution is 7.09. The van der Waals surface area contributed by atoms with E-state index in [2.05, 4.69) is 15.0 Å². The van der Waals surface area contributed by atoms with Gasteiger partial charge in [0.05, 0.1) is 13.7 Å². The van der Waals surface area contributed by atoms with Crippen LogP contribution in [-0.4, -0.2) is 48.8 Å². The smallest absolute Gasteiger partial charge is 0.357 e. The minimum Gasteiger partial charge on any atom is -0.464 e. The summed E-state index contributed by atoms with van der Waals surface area (Å²) in [5.41, 5.74) is 2.01. The molecule has 0 bridgehead atoms. The molecule has 0 aliphatic heterocycles. The van der Waals surface area contributed by atoms with E-state index in [9.17, 15) is 9.59 Å². The number of methoxy groups -OCH3 is 1. The molecule has 0 radical (unpaired) electrons. The molecule has 2 amide bonds. The molecule has 8 heteroatoms. The fourth-order valence-corrected chi connectivity index (χ4v) is 3.18. The van der Waals surface area contributed by atoms with Crippen molar-refractivity contribution in [1.82, 2.24) is 9.88 Å². The zero-order valence-corrected chi connectivity index (χ0v) is 16.7. The number of carbonyl (C=O) groups is 2. The van der Waals surface area contributed by atoms with Crippen molar-refractivity contribution in [2.24, 2.45) is 0 Å². The van der Waals surface area contributed by atoms with Gasteiger partial charge in [-0.05, 0) is 31.9 Å². The van der Waals surface area contributed by atoms with Crippen molar-refractivity contribution in [2.45, 2.75) is 26.8 Å². The Kier molecular flexibility index (Phi) is 8.22. The molecule has 0 fully saturated rings. The second-order valence-electron chi connectivity index (χ2n) is 5.84. The number of thiazole rings is 1. The van der Waals surface area contributed by atoms with Gasteiger partial charge in [-0.3, -0.25) is 0 Å². The Balaban J connectivity index is 2.07. The van der Waals surface area contributed by atoms with Gasteiger partial charge in [0.25, 0.3) is 0 Å². The van der Waals surface area contributed by atoms with E-state index in [1.807, 2.05) is 38.1 Å². The number of hydrogen-bond acceptors (Lipinski definition) is 6. The lowest BCUT2D eigenvalue weighted by Gasteiger charge is -2.22. The third kappa shape index (κ3) is 6.33. The second-order valence-corrected chi connectivity index (χ2v) is 6.78. The summed E-state index contributed by atoms with van der Waals surface area (Å²) in [5, 5.41) is 5.25. The Morgan fingerprint density at radius 1 is 1.30 bits per heavy atom. The molecule has 1 aromatic carbocycles. The summed E-state index contributed by atoms with van der Waals surface area (Å²) in [6.45, 7) is 5.93. The number of esters is 1. The lowest BCUT2D eigenvalue weighted by molar-refractivity contribution is 0.0594. The number of urea groups is 1. The molecule has 0 saturated carbocycles. The van der Waals surface area contributed by atoms with E-state index in [0.29, 0.717) is 37.7 Å². The van der Waals surface area contributed by atoms with Gasteiger partial charge in [0.15, 0.2) is 5.69 Å². The zero-order valence-electron chi connectivity index (χ0n) is 15.9. The maximum atomic E-state index is 12.8. The molecule has 7 nitrogen and oxygen atoms in total. The minimum absolute atomic E-state index is 0.212. The molecule has 0 atom stereocenters. The van der Waals surface area contributed by atoms with Gasteiger partial charge in [0.1, 0.15) is 5.01 Å². The van der Waals surface area contributed by atoms with Gasteiger partial charge in [-0.25, -0.2) is 14.6 Å². The van der Waals surface area contributed by atoms with Crippen molar-refractivity contribution < 1.29 is 19.1 Å². The zero-order chi connectivity index (χ0) is 19.6. The topological polar surface area (TPSA) is 80.8 Å². The van der Waals surface area contributed by atoms with Crippen molar-refractivity contribution in [1.29, 1.82) is 0 Å². The van der Waals surface area contributed by atoms with Crippen LogP contribution in [0.2, 0.25) is 0 Å². The number of aryl methyl sites for hydroxylation is 1. The van der Waals surface area contributed by atoms with Crippen molar-refractivity contribution in [2.75, 3.05) is 32.2 Å². The number of amides is 2. The van der Waals surface area contributed by atoms with Gasteiger partial charge in [0, 0.05) is 30.8 Å². The monoisotopic (exact) mass is 391 g/mol. The van der Waals surface area contributed by atoms with Crippen LogP contribution in [-0.2, 0) is 16.0 Å². The maximum absolute atomic E-state index is 12.8. The molecule has 2 aromatic rings. The minimum atomic E-state index is -0.482. The van der Waals surface area contributed by atoms with Crippen LogP contribution in [0.25, 0.3) is 0 Å². The summed E-state index contributed by atoms with van der Waals surface area (Å²) in [6.07, 6.45) is 0.713. The molecule has 0 unspecified atom stereocenters. The molecule has 146 valence electrons. The standard InChI is InChI=1S/C19H25N3O4S/c1-4-26-11-7-10-22(12-17-20-16(13-27-17)18(23)25-3)19(24)21-15-9-6-5-8-14(15)2/h5-6,8-9,13H,4,7,10-12H2,1-3H3,(H,21,24). The number of ether oxygens (including phenoxy) is 2. The van der Waals surface area contributed by atoms with E-state index < -0.39 is 5.97 Å². The van der Waals surface area contributed by atoms with Crippen molar-refractivity contribution in [3.05, 3.63) is 45.9 Å². The molecule has 1 N–H and O–H groups in total. The van der Waals surface area contributed by atoms with Gasteiger partial charge in [-0.1, -0.05) is 18.2 Å². The molecule has 0 aliphatic carbocycles. The number of benzene rings is 1. The summed E-state index contributed by atoms with van der Waals surface area (Å²) in [7, 11) is 1.32. The normalized spacial score (nSPS) is 10.5. The summed E-state index contributed by atoms with van der Waals surface area (Å²) >= 11 is 1.33. The number of nitrogens with one attached hydrogen (secondary N) is 1. The van der Waals surface area contributed by atoms with Crippen LogP contribution in [0.4, 0.5) is 10.5 Å². The van der Waals surface area contributed by atoms with Gasteiger partial charge in [-0.15, -0.1) is 11.3 Å². The first kappa shape index (κ1) is 20.9. The van der Waals surface area contributed by atoms with Crippen LogP contribution in [0.3, 0.4) is 0 Å². The van der Waals surface area contributed by atoms with Crippen LogP contribution in [0.15, 0.2) is 29.6 Å². The maximum Gasteiger partial charge on any atom is 0.357 e. The van der Waals surface area contributed by atoms with E-state index in [1.54, 1.807) is 10.3 Å². The first-order chi connectivity index (χ1) is 13.0. The third-order valence-corrected chi connectivity index (χ3v) is 4.70. The molecular formula is C19H25N3O4S. The number of aromatic nitrogens is 1. The first-order valence-corrected chi connectivity index (χ1v) is 9.65. The van der Waals surface area contributed by atoms with E-state index in [0.717, 1.165) is 11.3 Å². The Bertz CT molecular complexity index is 763. The summed E-state index contributed by atoms with van der Waals surface area (Å²) in [5.74, 6) is -0.482. The average Bonchev–Trinajstić information content (AvgIpc) is 3.14. The van der Waals surface area contributed by atoms with Gasteiger partial charge >= 0.3 is 12.0 Å². The van der Waals surface area contributed by atoms with Crippen LogP contribution in [0.5, 0.6) is 0 Å². The Hall–Kier alpha value is -2.45. The number of hydrogen-bond donors (Lipinski definition) is 1. The summed E-state index contributed by atoms with van der Waals surface area (Å²) in [4.78, 5) is 30.3. The number of para-hydroxylation sites is 1. The van der Waals surface area contributed by atoms with Crippen LogP contribution in [0.1, 0.15) is 34.4 Å². The quantitative estimate of drug-likeness (QED) is 0.521. The Morgan fingerprint density at radius 3 is 2.78 bits per heavy atom. The fourth-order valence-electron chi connectivity index (χ4n) is 2.41. The van der Waals surface area contributed by atoms with E-state index >= 15 is 0 Å². The molecule has 0 spiro atoms. The first-order valence-electron chi connectivity index (χ1n) is 8.77. The van der Waals surface area contributed by atoms with Crippen LogP contribution in [0, 0.1) is 6.92 Å². The molecule has 1 aromatic heterocycles. The molecule has 1 heterocycles. The SMILES string of the molecule is CCOCCCN(Cc1nc(C(=O)OC)cs1)C(=O)Nc1ccccc1C. The molecule has 2 rings (SSSR count). The predicted molar refractivity (Wildman–Crippen MR) is 105 cm³/mol. The van der Waals surface area contributed by atoms with Crippen molar-refractivity contribution in [3.8, 4) is 0 Å². The van der Waals surface area contributed by atoms with Gasteiger partial charge in [0.2, 0.25) is 0 Å². The van der Waals surface area contributed by atoms with E-state index in [1.165, 1.54) is 18.4 Å².